The van der Waals surface area contributed by atoms with Crippen LogP contribution in [0.5, 0.6) is 0 Å². The molecule has 1 aromatic rings. The minimum Gasteiger partial charge on any atom is -0.379 e. The largest absolute Gasteiger partial charge is 0.379 e. The highest BCUT2D eigenvalue weighted by atomic mass is 32.2. The van der Waals surface area contributed by atoms with E-state index in [1.54, 1.807) is 24.3 Å². The van der Waals surface area contributed by atoms with Crippen LogP contribution >= 0.6 is 0 Å². The molecule has 2 rings (SSSR count). The summed E-state index contributed by atoms with van der Waals surface area (Å²) in [5.74, 6) is -0.195. The van der Waals surface area contributed by atoms with Gasteiger partial charge in [0.1, 0.15) is 0 Å². The molecular weight excluding hydrogens is 342 g/mol. The van der Waals surface area contributed by atoms with Gasteiger partial charge in [-0.3, -0.25) is 4.79 Å². The Balaban J connectivity index is 1.87. The van der Waals surface area contributed by atoms with Crippen molar-refractivity contribution >= 4 is 15.9 Å². The topological polar surface area (TPSA) is 79.0 Å². The molecule has 1 N–H and O–H groups in total. The summed E-state index contributed by atoms with van der Waals surface area (Å²) < 4.78 is 31.4. The number of carbonyl (C=O) groups is 1. The fraction of sp³-hybridized carbons (Fsp3) is 0.588. The number of rotatable bonds is 8. The van der Waals surface area contributed by atoms with Gasteiger partial charge >= 0.3 is 0 Å². The van der Waals surface area contributed by atoms with Crippen LogP contribution in [0.4, 0.5) is 0 Å². The molecule has 1 fully saturated rings. The van der Waals surface area contributed by atoms with Crippen molar-refractivity contribution in [3.8, 4) is 0 Å². The van der Waals surface area contributed by atoms with Crippen LogP contribution in [0.3, 0.4) is 0 Å². The molecule has 1 aliphatic rings. The fourth-order valence-electron chi connectivity index (χ4n) is 2.58. The van der Waals surface area contributed by atoms with Crippen molar-refractivity contribution in [3.63, 3.8) is 0 Å². The monoisotopic (exact) mass is 369 g/mol. The number of morpholine rings is 1. The van der Waals surface area contributed by atoms with E-state index in [1.165, 1.54) is 4.31 Å². The normalized spacial score (nSPS) is 16.1. The summed E-state index contributed by atoms with van der Waals surface area (Å²) in [6, 6.07) is 6.75. The first-order chi connectivity index (χ1) is 11.9. The molecule has 1 amide bonds. The third-order valence-corrected chi connectivity index (χ3v) is 5.85. The molecule has 1 saturated heterocycles. The van der Waals surface area contributed by atoms with E-state index in [0.717, 1.165) is 13.0 Å². The van der Waals surface area contributed by atoms with Gasteiger partial charge in [-0.1, -0.05) is 12.1 Å². The number of hydrogen-bond acceptors (Lipinski definition) is 5. The highest BCUT2D eigenvalue weighted by Gasteiger charge is 2.24. The number of amides is 1. The van der Waals surface area contributed by atoms with Crippen molar-refractivity contribution in [1.82, 2.24) is 14.5 Å². The maximum Gasteiger partial charge on any atom is 0.251 e. The fourth-order valence-corrected chi connectivity index (χ4v) is 4.08. The van der Waals surface area contributed by atoms with Crippen molar-refractivity contribution in [2.45, 2.75) is 12.2 Å². The predicted molar refractivity (Wildman–Crippen MR) is 97.0 cm³/mol. The molecule has 0 spiro atoms. The number of nitrogens with zero attached hydrogens (tertiary/aromatic N) is 2. The summed E-state index contributed by atoms with van der Waals surface area (Å²) in [6.45, 7) is 3.20. The van der Waals surface area contributed by atoms with Crippen molar-refractivity contribution in [2.75, 3.05) is 53.5 Å². The van der Waals surface area contributed by atoms with Crippen LogP contribution in [0.2, 0.25) is 0 Å². The molecular formula is C17H27N3O4S. The zero-order chi connectivity index (χ0) is 18.3. The molecule has 0 radical (unpaired) electrons. The van der Waals surface area contributed by atoms with Gasteiger partial charge in [-0.2, -0.15) is 4.31 Å². The molecule has 0 saturated carbocycles. The summed E-state index contributed by atoms with van der Waals surface area (Å²) in [7, 11) is 0.636. The Morgan fingerprint density at radius 2 is 1.84 bits per heavy atom. The molecule has 1 aromatic carbocycles. The second kappa shape index (κ2) is 9.28. The van der Waals surface area contributed by atoms with E-state index in [0.29, 0.717) is 44.0 Å². The molecule has 140 valence electrons. The SMILES string of the molecule is CN(C)CCCNC(=O)c1ccc(CS(=O)(=O)N2CCOCC2)cc1. The second-order valence-corrected chi connectivity index (χ2v) is 8.35. The van der Waals surface area contributed by atoms with Crippen LogP contribution in [0, 0.1) is 0 Å². The lowest BCUT2D eigenvalue weighted by molar-refractivity contribution is 0.0729. The number of carbonyl (C=O) groups excluding carboxylic acids is 1. The maximum atomic E-state index is 12.4. The van der Waals surface area contributed by atoms with Gasteiger partial charge in [0.05, 0.1) is 19.0 Å². The van der Waals surface area contributed by atoms with Crippen LogP contribution in [-0.4, -0.2) is 77.0 Å². The minimum atomic E-state index is -3.35. The Bertz CT molecular complexity index is 653. The Hall–Kier alpha value is -1.48. The molecule has 0 unspecified atom stereocenters. The molecule has 0 atom stereocenters. The van der Waals surface area contributed by atoms with Crippen LogP contribution in [0.15, 0.2) is 24.3 Å². The standard InChI is InChI=1S/C17H27N3O4S/c1-19(2)9-3-8-18-17(21)16-6-4-15(5-7-16)14-25(22,23)20-10-12-24-13-11-20/h4-7H,3,8-14H2,1-2H3,(H,18,21). The van der Waals surface area contributed by atoms with Crippen LogP contribution in [0.1, 0.15) is 22.3 Å². The lowest BCUT2D eigenvalue weighted by Crippen LogP contribution is -2.41. The van der Waals surface area contributed by atoms with Gasteiger partial charge < -0.3 is 15.0 Å². The predicted octanol–water partition coefficient (Wildman–Crippen LogP) is 0.530. The Kier molecular flexibility index (Phi) is 7.37. The molecule has 8 heteroatoms. The smallest absolute Gasteiger partial charge is 0.251 e. The Morgan fingerprint density at radius 3 is 2.44 bits per heavy atom. The van der Waals surface area contributed by atoms with Gasteiger partial charge in [-0.15, -0.1) is 0 Å². The maximum absolute atomic E-state index is 12.4. The highest BCUT2D eigenvalue weighted by molar-refractivity contribution is 7.88. The molecule has 1 aliphatic heterocycles. The van der Waals surface area contributed by atoms with E-state index < -0.39 is 10.0 Å². The summed E-state index contributed by atoms with van der Waals surface area (Å²) in [4.78, 5) is 14.1. The van der Waals surface area contributed by atoms with Gasteiger partial charge in [0.25, 0.3) is 5.91 Å². The van der Waals surface area contributed by atoms with Crippen LogP contribution < -0.4 is 5.32 Å². The summed E-state index contributed by atoms with van der Waals surface area (Å²) >= 11 is 0. The minimum absolute atomic E-state index is 0.0578. The van der Waals surface area contributed by atoms with Crippen LogP contribution in [0.25, 0.3) is 0 Å². The zero-order valence-corrected chi connectivity index (χ0v) is 15.7. The number of hydrogen-bond donors (Lipinski definition) is 1. The highest BCUT2D eigenvalue weighted by Crippen LogP contribution is 2.13. The zero-order valence-electron chi connectivity index (χ0n) is 14.9. The van der Waals surface area contributed by atoms with Crippen molar-refractivity contribution in [1.29, 1.82) is 0 Å². The summed E-state index contributed by atoms with van der Waals surface area (Å²) in [5, 5.41) is 2.87. The van der Waals surface area contributed by atoms with Crippen molar-refractivity contribution < 1.29 is 17.9 Å². The van der Waals surface area contributed by atoms with Gasteiger partial charge in [0, 0.05) is 25.2 Å². The van der Waals surface area contributed by atoms with Crippen molar-refractivity contribution in [2.24, 2.45) is 0 Å². The van der Waals surface area contributed by atoms with E-state index in [2.05, 4.69) is 10.2 Å². The third kappa shape index (κ3) is 6.39. The average molecular weight is 369 g/mol. The summed E-state index contributed by atoms with van der Waals surface area (Å²) in [6.07, 6.45) is 0.884. The second-order valence-electron chi connectivity index (χ2n) is 6.38. The lowest BCUT2D eigenvalue weighted by atomic mass is 10.1. The van der Waals surface area contributed by atoms with E-state index in [9.17, 15) is 13.2 Å². The first kappa shape index (κ1) is 19.8. The van der Waals surface area contributed by atoms with Gasteiger partial charge in [0.15, 0.2) is 0 Å². The number of benzene rings is 1. The first-order valence-electron chi connectivity index (χ1n) is 8.46. The molecule has 0 bridgehead atoms. The van der Waals surface area contributed by atoms with Crippen LogP contribution in [-0.2, 0) is 20.5 Å². The van der Waals surface area contributed by atoms with Crippen molar-refractivity contribution in [3.05, 3.63) is 35.4 Å². The quantitative estimate of drug-likeness (QED) is 0.676. The van der Waals surface area contributed by atoms with E-state index >= 15 is 0 Å². The van der Waals surface area contributed by atoms with Gasteiger partial charge in [0.2, 0.25) is 10.0 Å². The number of sulfonamides is 1. The summed E-state index contributed by atoms with van der Waals surface area (Å²) in [5.41, 5.74) is 1.22. The molecule has 7 nitrogen and oxygen atoms in total. The van der Waals surface area contributed by atoms with E-state index in [4.69, 9.17) is 4.74 Å². The van der Waals surface area contributed by atoms with Gasteiger partial charge in [-0.25, -0.2) is 8.42 Å². The lowest BCUT2D eigenvalue weighted by Gasteiger charge is -2.26. The average Bonchev–Trinajstić information content (AvgIpc) is 2.59. The van der Waals surface area contributed by atoms with E-state index in [-0.39, 0.29) is 11.7 Å². The molecule has 0 aromatic heterocycles. The molecule has 0 aliphatic carbocycles. The molecule has 1 heterocycles. The number of nitrogens with one attached hydrogen (secondary N) is 1. The first-order valence-corrected chi connectivity index (χ1v) is 10.1. The number of ether oxygens (including phenoxy) is 1. The molecule has 25 heavy (non-hydrogen) atoms. The Morgan fingerprint density at radius 1 is 1.20 bits per heavy atom. The van der Waals surface area contributed by atoms with Gasteiger partial charge in [-0.05, 0) is 44.8 Å². The Labute approximate surface area is 150 Å². The van der Waals surface area contributed by atoms with E-state index in [1.807, 2.05) is 14.1 Å². The third-order valence-electron chi connectivity index (χ3n) is 4.00.